The molecule has 4 aromatic carbocycles. The van der Waals surface area contributed by atoms with Gasteiger partial charge in [-0.15, -0.1) is 0 Å². The third kappa shape index (κ3) is 10.8. The number of nitrogens with zero attached hydrogens (tertiary/aromatic N) is 1. The molecule has 0 aliphatic heterocycles. The van der Waals surface area contributed by atoms with Crippen LogP contribution < -0.4 is 16.4 Å². The molecule has 1 aromatic heterocycles. The average Bonchev–Trinajstić information content (AvgIpc) is 3.59. The van der Waals surface area contributed by atoms with E-state index in [0.29, 0.717) is 40.9 Å². The number of hydrogen-bond donors (Lipinski definition) is 5. The van der Waals surface area contributed by atoms with Crippen LogP contribution in [0.3, 0.4) is 0 Å². The van der Waals surface area contributed by atoms with Crippen LogP contribution in [-0.2, 0) is 54.1 Å². The molecule has 0 saturated heterocycles. The minimum absolute atomic E-state index is 0.0122. The van der Waals surface area contributed by atoms with Gasteiger partial charge in [-0.2, -0.15) is 13.2 Å². The zero-order valence-corrected chi connectivity index (χ0v) is 31.4. The van der Waals surface area contributed by atoms with Crippen LogP contribution in [0, 0.1) is 0 Å². The second kappa shape index (κ2) is 19.1. The largest absolute Gasteiger partial charge is 0.481 e. The highest BCUT2D eigenvalue weighted by molar-refractivity contribution is 6.15. The van der Waals surface area contributed by atoms with Gasteiger partial charge in [0, 0.05) is 23.5 Å². The number of aliphatic carboxylic acids is 1. The first-order valence-electron chi connectivity index (χ1n) is 18.5. The van der Waals surface area contributed by atoms with Crippen molar-refractivity contribution in [2.75, 3.05) is 6.61 Å². The maximum absolute atomic E-state index is 14.6. The molecular formula is C42H42F3N5O8. The first-order valence-corrected chi connectivity index (χ1v) is 18.5. The Hall–Kier alpha value is -6.55. The molecule has 0 aliphatic rings. The topological polar surface area (TPSA) is 201 Å². The number of alkyl carbamates (subject to hydrolysis) is 1. The van der Waals surface area contributed by atoms with E-state index >= 15 is 0 Å². The SMILES string of the molecule is CCCCOC(=O)N[C@@H](Cc1c[nH]c2ccccc12)C(=O)N(C(=O)Cc1ccccc1C(F)(F)F)C(=O)[C@H](CC(=O)O)NC(=O)[C@@H](N)Cc1ccc2ccccc2c1. The zero-order valence-electron chi connectivity index (χ0n) is 31.4. The summed E-state index contributed by atoms with van der Waals surface area (Å²) in [4.78, 5) is 84.7. The number of carbonyl (C=O) groups is 6. The fourth-order valence-electron chi connectivity index (χ4n) is 6.44. The Balaban J connectivity index is 1.51. The second-order valence-electron chi connectivity index (χ2n) is 13.6. The van der Waals surface area contributed by atoms with Crippen molar-refractivity contribution in [2.24, 2.45) is 5.73 Å². The lowest BCUT2D eigenvalue weighted by Gasteiger charge is -2.29. The molecule has 5 amide bonds. The van der Waals surface area contributed by atoms with Crippen molar-refractivity contribution in [1.82, 2.24) is 20.5 Å². The molecule has 0 spiro atoms. The number of amides is 5. The number of rotatable bonds is 16. The molecule has 0 fully saturated rings. The number of nitrogens with one attached hydrogen (secondary N) is 3. The van der Waals surface area contributed by atoms with Gasteiger partial charge in [0.1, 0.15) is 12.1 Å². The van der Waals surface area contributed by atoms with Crippen molar-refractivity contribution in [2.45, 2.75) is 69.8 Å². The molecule has 58 heavy (non-hydrogen) atoms. The Labute approximate surface area is 330 Å². The minimum atomic E-state index is -4.93. The summed E-state index contributed by atoms with van der Waals surface area (Å²) in [7, 11) is 0. The molecule has 1 heterocycles. The summed E-state index contributed by atoms with van der Waals surface area (Å²) in [5, 5.41) is 16.8. The molecule has 0 aliphatic carbocycles. The smallest absolute Gasteiger partial charge is 0.416 e. The van der Waals surface area contributed by atoms with E-state index in [-0.39, 0.29) is 24.3 Å². The first kappa shape index (κ1) is 42.6. The van der Waals surface area contributed by atoms with Gasteiger partial charge >= 0.3 is 18.2 Å². The van der Waals surface area contributed by atoms with E-state index in [4.69, 9.17) is 10.5 Å². The molecule has 6 N–H and O–H groups in total. The Morgan fingerprint density at radius 1 is 0.828 bits per heavy atom. The molecular weight excluding hydrogens is 759 g/mol. The van der Waals surface area contributed by atoms with Gasteiger partial charge in [0.05, 0.1) is 31.1 Å². The normalized spacial score (nSPS) is 13.0. The number of carboxylic acids is 1. The summed E-state index contributed by atoms with van der Waals surface area (Å²) >= 11 is 0. The highest BCUT2D eigenvalue weighted by Gasteiger charge is 2.41. The number of ether oxygens (including phenoxy) is 1. The molecule has 5 rings (SSSR count). The fraction of sp³-hybridized carbons (Fsp3) is 0.286. The maximum atomic E-state index is 14.6. The van der Waals surface area contributed by atoms with Crippen molar-refractivity contribution in [3.63, 3.8) is 0 Å². The number of carbonyl (C=O) groups excluding carboxylic acids is 5. The third-order valence-corrected chi connectivity index (χ3v) is 9.37. The van der Waals surface area contributed by atoms with Crippen LogP contribution in [0.5, 0.6) is 0 Å². The number of fused-ring (bicyclic) bond motifs is 2. The van der Waals surface area contributed by atoms with E-state index < -0.39 is 84.0 Å². The van der Waals surface area contributed by atoms with E-state index in [1.165, 1.54) is 12.3 Å². The molecule has 304 valence electrons. The molecule has 16 heteroatoms. The number of carboxylic acid groups (broad SMARTS) is 1. The molecule has 0 saturated carbocycles. The lowest BCUT2D eigenvalue weighted by molar-refractivity contribution is -0.158. The Morgan fingerprint density at radius 2 is 1.50 bits per heavy atom. The van der Waals surface area contributed by atoms with E-state index in [1.807, 2.05) is 37.3 Å². The van der Waals surface area contributed by atoms with Crippen LogP contribution in [0.15, 0.2) is 97.2 Å². The number of alkyl halides is 3. The lowest BCUT2D eigenvalue weighted by Crippen LogP contribution is -2.60. The molecule has 0 bridgehead atoms. The Morgan fingerprint density at radius 3 is 2.22 bits per heavy atom. The number of benzene rings is 4. The van der Waals surface area contributed by atoms with Crippen LogP contribution in [0.4, 0.5) is 18.0 Å². The van der Waals surface area contributed by atoms with Crippen LogP contribution >= 0.6 is 0 Å². The van der Waals surface area contributed by atoms with Crippen molar-refractivity contribution < 1.29 is 51.8 Å². The van der Waals surface area contributed by atoms with Gasteiger partial charge in [0.15, 0.2) is 0 Å². The van der Waals surface area contributed by atoms with Gasteiger partial charge in [0.25, 0.3) is 11.8 Å². The predicted molar refractivity (Wildman–Crippen MR) is 207 cm³/mol. The summed E-state index contributed by atoms with van der Waals surface area (Å²) < 4.78 is 47.3. The number of halogens is 3. The van der Waals surface area contributed by atoms with E-state index in [2.05, 4.69) is 15.6 Å². The van der Waals surface area contributed by atoms with Gasteiger partial charge in [0.2, 0.25) is 11.8 Å². The van der Waals surface area contributed by atoms with Gasteiger partial charge in [-0.25, -0.2) is 9.69 Å². The van der Waals surface area contributed by atoms with Gasteiger partial charge < -0.3 is 31.2 Å². The summed E-state index contributed by atoms with van der Waals surface area (Å²) in [6.45, 7) is 1.80. The average molecular weight is 802 g/mol. The number of hydrogen-bond acceptors (Lipinski definition) is 8. The molecule has 13 nitrogen and oxygen atoms in total. The third-order valence-electron chi connectivity index (χ3n) is 9.37. The number of imide groups is 3. The lowest BCUT2D eigenvalue weighted by atomic mass is 10.00. The van der Waals surface area contributed by atoms with Crippen molar-refractivity contribution in [3.05, 3.63) is 119 Å². The summed E-state index contributed by atoms with van der Waals surface area (Å²) in [6, 6.07) is 18.5. The quantitative estimate of drug-likeness (QED) is 0.0807. The molecule has 0 radical (unpaired) electrons. The summed E-state index contributed by atoms with van der Waals surface area (Å²) in [6.07, 6.45) is -6.08. The number of aromatic amines is 1. The Bertz CT molecular complexity index is 2310. The van der Waals surface area contributed by atoms with Gasteiger partial charge in [-0.1, -0.05) is 92.2 Å². The van der Waals surface area contributed by atoms with E-state index in [1.54, 1.807) is 36.4 Å². The van der Waals surface area contributed by atoms with Crippen LogP contribution in [0.2, 0.25) is 0 Å². The predicted octanol–water partition coefficient (Wildman–Crippen LogP) is 5.43. The van der Waals surface area contributed by atoms with E-state index in [9.17, 15) is 47.0 Å². The summed E-state index contributed by atoms with van der Waals surface area (Å²) in [5.74, 6) is -7.11. The van der Waals surface area contributed by atoms with Gasteiger partial charge in [-0.05, 0) is 52.4 Å². The maximum Gasteiger partial charge on any atom is 0.416 e. The first-order chi connectivity index (χ1) is 27.7. The number of H-pyrrole nitrogens is 1. The highest BCUT2D eigenvalue weighted by Crippen LogP contribution is 2.32. The second-order valence-corrected chi connectivity index (χ2v) is 13.6. The fourth-order valence-corrected chi connectivity index (χ4v) is 6.44. The van der Waals surface area contributed by atoms with Crippen molar-refractivity contribution in [1.29, 1.82) is 0 Å². The van der Waals surface area contributed by atoms with Crippen molar-refractivity contribution >= 4 is 57.4 Å². The Kier molecular flexibility index (Phi) is 14.0. The van der Waals surface area contributed by atoms with Crippen molar-refractivity contribution in [3.8, 4) is 0 Å². The number of nitrogens with two attached hydrogens (primary N) is 1. The van der Waals surface area contributed by atoms with E-state index in [0.717, 1.165) is 22.9 Å². The minimum Gasteiger partial charge on any atom is -0.481 e. The molecule has 5 aromatic rings. The monoisotopic (exact) mass is 801 g/mol. The molecule has 0 unspecified atom stereocenters. The van der Waals surface area contributed by atoms with Crippen LogP contribution in [-0.4, -0.2) is 75.4 Å². The standard InChI is InChI=1S/C42H42F3N5O8/c1-2-3-18-58-41(57)49-34(21-29-24-47-33-15-9-7-13-30(29)33)39(55)50(36(51)22-28-12-6-8-14-31(28)42(43,44)45)40(56)35(23-37(52)53)48-38(54)32(46)20-25-16-17-26-10-4-5-11-27(26)19-25/h4-17,19,24,32,34-35,47H,2-3,18,20-23,46H2,1H3,(H,48,54)(H,49,57)(H,52,53)/t32-,34-,35-/m0/s1. The zero-order chi connectivity index (χ0) is 42.0. The van der Waals surface area contributed by atoms with Gasteiger partial charge in [-0.3, -0.25) is 24.0 Å². The number of aromatic nitrogens is 1. The number of unbranched alkanes of at least 4 members (excludes halogenated alkanes) is 1. The highest BCUT2D eigenvalue weighted by atomic mass is 19.4. The van der Waals surface area contributed by atoms with Crippen LogP contribution in [0.25, 0.3) is 21.7 Å². The van der Waals surface area contributed by atoms with Crippen LogP contribution in [0.1, 0.15) is 48.4 Å². The number of para-hydroxylation sites is 1. The molecule has 3 atom stereocenters. The summed E-state index contributed by atoms with van der Waals surface area (Å²) in [5.41, 5.74) is 6.12.